The lowest BCUT2D eigenvalue weighted by molar-refractivity contribution is 0.0974. The summed E-state index contributed by atoms with van der Waals surface area (Å²) in [5.74, 6) is -0.126. The van der Waals surface area contributed by atoms with Gasteiger partial charge in [0.05, 0.1) is 22.5 Å². The van der Waals surface area contributed by atoms with Crippen LogP contribution < -0.4 is 4.90 Å². The highest BCUT2D eigenvalue weighted by Crippen LogP contribution is 2.33. The Labute approximate surface area is 167 Å². The summed E-state index contributed by atoms with van der Waals surface area (Å²) in [6.45, 7) is 7.09. The lowest BCUT2D eigenvalue weighted by atomic mass is 10.1. The minimum atomic E-state index is -0.126. The molecule has 0 aliphatic rings. The molecule has 1 aromatic carbocycles. The van der Waals surface area contributed by atoms with Gasteiger partial charge in [0.15, 0.2) is 5.13 Å². The maximum Gasteiger partial charge on any atom is 0.278 e. The number of carbonyl (C=O) groups excluding carboxylic acids is 1. The van der Waals surface area contributed by atoms with Gasteiger partial charge in [0.25, 0.3) is 5.91 Å². The molecule has 3 aromatic heterocycles. The van der Waals surface area contributed by atoms with E-state index in [2.05, 4.69) is 36.1 Å². The van der Waals surface area contributed by atoms with Crippen molar-refractivity contribution in [3.63, 3.8) is 0 Å². The third kappa shape index (κ3) is 3.41. The summed E-state index contributed by atoms with van der Waals surface area (Å²) in [4.78, 5) is 24.3. The van der Waals surface area contributed by atoms with Crippen molar-refractivity contribution >= 4 is 32.6 Å². The van der Waals surface area contributed by atoms with Gasteiger partial charge in [-0.15, -0.1) is 0 Å². The lowest BCUT2D eigenvalue weighted by Gasteiger charge is -2.19. The van der Waals surface area contributed by atoms with Crippen LogP contribution in [-0.2, 0) is 13.1 Å². The third-order valence-electron chi connectivity index (χ3n) is 4.57. The topological polar surface area (TPSA) is 63.9 Å². The van der Waals surface area contributed by atoms with Crippen molar-refractivity contribution in [2.24, 2.45) is 0 Å². The van der Waals surface area contributed by atoms with Crippen molar-refractivity contribution < 1.29 is 4.79 Å². The van der Waals surface area contributed by atoms with E-state index in [4.69, 9.17) is 4.98 Å². The van der Waals surface area contributed by atoms with Crippen LogP contribution in [0.3, 0.4) is 0 Å². The van der Waals surface area contributed by atoms with Crippen LogP contribution >= 0.6 is 11.3 Å². The molecule has 0 aliphatic heterocycles. The number of hydrogen-bond acceptors (Lipinski definition) is 5. The molecule has 0 bridgehead atoms. The molecule has 0 radical (unpaired) electrons. The Morgan fingerprint density at radius 2 is 2.04 bits per heavy atom. The van der Waals surface area contributed by atoms with Crippen LogP contribution in [0.15, 0.2) is 48.8 Å². The summed E-state index contributed by atoms with van der Waals surface area (Å²) >= 11 is 1.54. The number of fused-ring (bicyclic) bond motifs is 1. The molecule has 1 amide bonds. The second kappa shape index (κ2) is 7.52. The molecule has 0 aliphatic carbocycles. The van der Waals surface area contributed by atoms with Gasteiger partial charge in [0.1, 0.15) is 5.69 Å². The van der Waals surface area contributed by atoms with E-state index in [0.29, 0.717) is 23.9 Å². The molecule has 0 fully saturated rings. The minimum absolute atomic E-state index is 0.126. The van der Waals surface area contributed by atoms with Crippen LogP contribution in [0.4, 0.5) is 5.13 Å². The Morgan fingerprint density at radius 3 is 2.79 bits per heavy atom. The molecule has 0 N–H and O–H groups in total. The number of benzene rings is 1. The first-order valence-corrected chi connectivity index (χ1v) is 10.00. The van der Waals surface area contributed by atoms with Crippen molar-refractivity contribution in [3.05, 3.63) is 71.3 Å². The predicted molar refractivity (Wildman–Crippen MR) is 112 cm³/mol. The largest absolute Gasteiger partial charge is 0.278 e. The van der Waals surface area contributed by atoms with Crippen molar-refractivity contribution in [2.75, 3.05) is 4.90 Å². The summed E-state index contributed by atoms with van der Waals surface area (Å²) < 4.78 is 2.81. The van der Waals surface area contributed by atoms with Crippen molar-refractivity contribution in [2.45, 2.75) is 33.9 Å². The first-order chi connectivity index (χ1) is 13.6. The van der Waals surface area contributed by atoms with E-state index >= 15 is 0 Å². The van der Waals surface area contributed by atoms with Crippen molar-refractivity contribution in [1.29, 1.82) is 0 Å². The number of aromatic nitrogens is 4. The molecule has 28 heavy (non-hydrogen) atoms. The zero-order valence-electron chi connectivity index (χ0n) is 16.1. The first-order valence-electron chi connectivity index (χ1n) is 9.18. The molecule has 0 saturated heterocycles. The highest BCUT2D eigenvalue weighted by Gasteiger charge is 2.25. The maximum absolute atomic E-state index is 13.4. The van der Waals surface area contributed by atoms with E-state index in [1.165, 1.54) is 16.9 Å². The molecular weight excluding hydrogens is 370 g/mol. The number of pyridine rings is 1. The first kappa shape index (κ1) is 18.3. The van der Waals surface area contributed by atoms with Gasteiger partial charge in [0.2, 0.25) is 0 Å². The smallest absolute Gasteiger partial charge is 0.277 e. The number of aryl methyl sites for hydroxylation is 3. The summed E-state index contributed by atoms with van der Waals surface area (Å²) in [5, 5.41) is 4.91. The van der Waals surface area contributed by atoms with E-state index in [1.807, 2.05) is 25.1 Å². The second-order valence-electron chi connectivity index (χ2n) is 6.67. The Morgan fingerprint density at radius 1 is 1.18 bits per heavy atom. The number of carbonyl (C=O) groups is 1. The van der Waals surface area contributed by atoms with Crippen molar-refractivity contribution in [3.8, 4) is 0 Å². The summed E-state index contributed by atoms with van der Waals surface area (Å²) in [6.07, 6.45) is 3.39. The highest BCUT2D eigenvalue weighted by atomic mass is 32.1. The van der Waals surface area contributed by atoms with E-state index < -0.39 is 0 Å². The molecule has 6 nitrogen and oxygen atoms in total. The number of nitrogens with zero attached hydrogens (tertiary/aromatic N) is 5. The van der Waals surface area contributed by atoms with Crippen molar-refractivity contribution in [1.82, 2.24) is 19.7 Å². The number of amides is 1. The summed E-state index contributed by atoms with van der Waals surface area (Å²) in [5.41, 5.74) is 4.60. The van der Waals surface area contributed by atoms with Crippen LogP contribution in [0.2, 0.25) is 0 Å². The molecule has 7 heteroatoms. The summed E-state index contributed by atoms with van der Waals surface area (Å²) in [6, 6.07) is 11.7. The Balaban J connectivity index is 1.81. The van der Waals surface area contributed by atoms with Crippen LogP contribution in [0.1, 0.15) is 34.2 Å². The van der Waals surface area contributed by atoms with E-state index in [1.54, 1.807) is 28.0 Å². The molecular formula is C21H21N5OS. The zero-order valence-corrected chi connectivity index (χ0v) is 16.9. The zero-order chi connectivity index (χ0) is 19.7. The van der Waals surface area contributed by atoms with Gasteiger partial charge in [-0.05, 0) is 56.2 Å². The average molecular weight is 392 g/mol. The third-order valence-corrected chi connectivity index (χ3v) is 5.80. The fourth-order valence-electron chi connectivity index (χ4n) is 3.26. The normalized spacial score (nSPS) is 11.1. The summed E-state index contributed by atoms with van der Waals surface area (Å²) in [7, 11) is 0. The van der Waals surface area contributed by atoms with Gasteiger partial charge in [-0.2, -0.15) is 5.10 Å². The fourth-order valence-corrected chi connectivity index (χ4v) is 4.28. The van der Waals surface area contributed by atoms with Gasteiger partial charge in [-0.1, -0.05) is 23.5 Å². The molecule has 0 atom stereocenters. The van der Waals surface area contributed by atoms with Gasteiger partial charge in [-0.3, -0.25) is 19.4 Å². The Kier molecular flexibility index (Phi) is 4.92. The van der Waals surface area contributed by atoms with Crippen LogP contribution in [0.25, 0.3) is 10.2 Å². The predicted octanol–water partition coefficient (Wildman–Crippen LogP) is 4.37. The van der Waals surface area contributed by atoms with E-state index in [0.717, 1.165) is 21.5 Å². The standard InChI is InChI=1S/C21H21N5OS/c1-4-26-18(8-10-23-26)20(27)25(13-16-7-5-6-9-22-16)21-24-17-12-14(2)11-15(3)19(17)28-21/h5-12H,4,13H2,1-3H3. The highest BCUT2D eigenvalue weighted by molar-refractivity contribution is 7.22. The van der Waals surface area contributed by atoms with Gasteiger partial charge < -0.3 is 0 Å². The van der Waals surface area contributed by atoms with Crippen LogP contribution in [-0.4, -0.2) is 25.7 Å². The average Bonchev–Trinajstić information content (AvgIpc) is 3.33. The fraction of sp³-hybridized carbons (Fsp3) is 0.238. The number of thiazole rings is 1. The van der Waals surface area contributed by atoms with Gasteiger partial charge >= 0.3 is 0 Å². The second-order valence-corrected chi connectivity index (χ2v) is 7.65. The molecule has 4 aromatic rings. The van der Waals surface area contributed by atoms with Gasteiger partial charge in [-0.25, -0.2) is 4.98 Å². The van der Waals surface area contributed by atoms with Crippen LogP contribution in [0.5, 0.6) is 0 Å². The minimum Gasteiger partial charge on any atom is -0.277 e. The van der Waals surface area contributed by atoms with Crippen LogP contribution in [0, 0.1) is 13.8 Å². The Hall–Kier alpha value is -3.06. The van der Waals surface area contributed by atoms with E-state index in [-0.39, 0.29) is 5.91 Å². The molecule has 0 spiro atoms. The number of hydrogen-bond donors (Lipinski definition) is 0. The molecule has 3 heterocycles. The maximum atomic E-state index is 13.4. The number of anilines is 1. The molecule has 0 saturated carbocycles. The lowest BCUT2D eigenvalue weighted by Crippen LogP contribution is -2.32. The molecule has 0 unspecified atom stereocenters. The SMILES string of the molecule is CCn1nccc1C(=O)N(Cc1ccccn1)c1nc2cc(C)cc(C)c2s1. The number of rotatable bonds is 5. The molecule has 4 rings (SSSR count). The van der Waals surface area contributed by atoms with Gasteiger partial charge in [0, 0.05) is 18.9 Å². The van der Waals surface area contributed by atoms with E-state index in [9.17, 15) is 4.79 Å². The monoisotopic (exact) mass is 391 g/mol. The molecule has 142 valence electrons. The quantitative estimate of drug-likeness (QED) is 0.507. The Bertz CT molecular complexity index is 1130.